The van der Waals surface area contributed by atoms with E-state index in [0.29, 0.717) is 10.2 Å². The van der Waals surface area contributed by atoms with Gasteiger partial charge in [0.25, 0.3) is 0 Å². The summed E-state index contributed by atoms with van der Waals surface area (Å²) in [5.74, 6) is 6.20. The Kier molecular flexibility index (Phi) is 2.92. The van der Waals surface area contributed by atoms with Crippen LogP contribution in [0.5, 0.6) is 0 Å². The molecule has 0 aromatic rings. The topological polar surface area (TPSA) is 0 Å². The molecule has 1 heteroatoms. The SMILES string of the molecule is CC1C2CCCC(C2)C2CC13CC2CCCC1CCC13S. The molecule has 0 aliphatic heterocycles. The standard InChI is InChI=1S/C20H32S/c1-13-14-4-2-5-15(10-14)18-12-19(13)11-16(18)6-3-7-17-8-9-20(17,19)21/h13-18,21H,2-12H2,1H3. The second-order valence-electron chi connectivity index (χ2n) is 9.55. The number of hydrogen-bond donors (Lipinski definition) is 1. The molecule has 0 amide bonds. The van der Waals surface area contributed by atoms with Crippen LogP contribution in [-0.2, 0) is 0 Å². The number of hydrogen-bond acceptors (Lipinski definition) is 1. The average molecular weight is 305 g/mol. The van der Waals surface area contributed by atoms with Crippen molar-refractivity contribution in [3.05, 3.63) is 0 Å². The van der Waals surface area contributed by atoms with Crippen molar-refractivity contribution in [2.45, 2.75) is 82.3 Å². The molecule has 8 unspecified atom stereocenters. The van der Waals surface area contributed by atoms with E-state index >= 15 is 0 Å². The first-order valence-corrected chi connectivity index (χ1v) is 10.3. The molecule has 0 radical (unpaired) electrons. The molecule has 0 saturated heterocycles. The predicted molar refractivity (Wildman–Crippen MR) is 91.6 cm³/mol. The van der Waals surface area contributed by atoms with Gasteiger partial charge in [-0.2, -0.15) is 12.6 Å². The highest BCUT2D eigenvalue weighted by atomic mass is 32.1. The van der Waals surface area contributed by atoms with Crippen molar-refractivity contribution in [1.82, 2.24) is 0 Å². The molecule has 5 bridgehead atoms. The van der Waals surface area contributed by atoms with Crippen molar-refractivity contribution < 1.29 is 0 Å². The first-order valence-electron chi connectivity index (χ1n) is 9.86. The Morgan fingerprint density at radius 1 is 0.857 bits per heavy atom. The van der Waals surface area contributed by atoms with E-state index < -0.39 is 0 Å². The lowest BCUT2D eigenvalue weighted by Crippen LogP contribution is -2.58. The van der Waals surface area contributed by atoms with Crippen LogP contribution in [0.4, 0.5) is 0 Å². The minimum Gasteiger partial charge on any atom is -0.172 e. The molecule has 5 saturated carbocycles. The Morgan fingerprint density at radius 3 is 2.43 bits per heavy atom. The fourth-order valence-corrected chi connectivity index (χ4v) is 8.90. The van der Waals surface area contributed by atoms with E-state index in [2.05, 4.69) is 6.92 Å². The summed E-state index contributed by atoms with van der Waals surface area (Å²) in [5, 5.41) is 0. The van der Waals surface area contributed by atoms with Gasteiger partial charge in [-0.25, -0.2) is 0 Å². The summed E-state index contributed by atoms with van der Waals surface area (Å²) < 4.78 is 0.428. The van der Waals surface area contributed by atoms with Crippen LogP contribution in [0, 0.1) is 40.9 Å². The Balaban J connectivity index is 1.63. The molecule has 0 heterocycles. The lowest BCUT2D eigenvalue weighted by atomic mass is 9.49. The number of thiol groups is 1. The Bertz CT molecular complexity index is 445. The van der Waals surface area contributed by atoms with Crippen LogP contribution in [0.25, 0.3) is 0 Å². The van der Waals surface area contributed by atoms with Crippen molar-refractivity contribution in [3.63, 3.8) is 0 Å². The molecular weight excluding hydrogens is 272 g/mol. The molecule has 0 nitrogen and oxygen atoms in total. The summed E-state index contributed by atoms with van der Waals surface area (Å²) >= 11 is 5.49. The van der Waals surface area contributed by atoms with Crippen molar-refractivity contribution in [2.24, 2.45) is 40.9 Å². The third-order valence-electron chi connectivity index (χ3n) is 9.31. The van der Waals surface area contributed by atoms with Crippen LogP contribution in [0.15, 0.2) is 0 Å². The third kappa shape index (κ3) is 1.60. The molecule has 5 aliphatic carbocycles. The molecule has 21 heavy (non-hydrogen) atoms. The van der Waals surface area contributed by atoms with Gasteiger partial charge in [-0.3, -0.25) is 0 Å². The number of fused-ring (bicyclic) bond motifs is 7. The quantitative estimate of drug-likeness (QED) is 0.544. The molecule has 0 N–H and O–H groups in total. The molecular formula is C20H32S. The second kappa shape index (κ2) is 4.46. The summed E-state index contributed by atoms with van der Waals surface area (Å²) in [7, 11) is 0. The van der Waals surface area contributed by atoms with E-state index in [1.165, 1.54) is 38.5 Å². The Morgan fingerprint density at radius 2 is 1.62 bits per heavy atom. The van der Waals surface area contributed by atoms with Crippen molar-refractivity contribution in [2.75, 3.05) is 0 Å². The Hall–Kier alpha value is 0.350. The van der Waals surface area contributed by atoms with E-state index in [1.54, 1.807) is 32.1 Å². The van der Waals surface area contributed by atoms with Gasteiger partial charge in [-0.15, -0.1) is 0 Å². The van der Waals surface area contributed by atoms with Gasteiger partial charge < -0.3 is 0 Å². The zero-order chi connectivity index (χ0) is 14.2. The first kappa shape index (κ1) is 13.8. The molecule has 118 valence electrons. The Labute approximate surface area is 136 Å². The van der Waals surface area contributed by atoms with E-state index in [0.717, 1.165) is 35.5 Å². The molecule has 0 aromatic carbocycles. The van der Waals surface area contributed by atoms with Gasteiger partial charge in [0.05, 0.1) is 0 Å². The normalized spacial score (nSPS) is 62.0. The predicted octanol–water partition coefficient (Wildman–Crippen LogP) is 5.72. The fraction of sp³-hybridized carbons (Fsp3) is 1.00. The van der Waals surface area contributed by atoms with E-state index in [9.17, 15) is 0 Å². The monoisotopic (exact) mass is 304 g/mol. The first-order chi connectivity index (χ1) is 10.1. The van der Waals surface area contributed by atoms with Gasteiger partial charge in [0, 0.05) is 4.75 Å². The van der Waals surface area contributed by atoms with Gasteiger partial charge >= 0.3 is 0 Å². The van der Waals surface area contributed by atoms with Crippen LogP contribution in [0.1, 0.15) is 77.6 Å². The average Bonchev–Trinajstić information content (AvgIpc) is 2.87. The largest absolute Gasteiger partial charge is 0.172 e. The van der Waals surface area contributed by atoms with Crippen LogP contribution in [-0.4, -0.2) is 4.75 Å². The van der Waals surface area contributed by atoms with E-state index in [-0.39, 0.29) is 0 Å². The van der Waals surface area contributed by atoms with E-state index in [4.69, 9.17) is 12.6 Å². The lowest BCUT2D eigenvalue weighted by molar-refractivity contribution is -0.0282. The lowest BCUT2D eigenvalue weighted by Gasteiger charge is -2.62. The van der Waals surface area contributed by atoms with Gasteiger partial charge in [-0.1, -0.05) is 39.0 Å². The van der Waals surface area contributed by atoms with Crippen LogP contribution in [0.2, 0.25) is 0 Å². The molecule has 5 fully saturated rings. The zero-order valence-corrected chi connectivity index (χ0v) is 14.6. The minimum atomic E-state index is 0.428. The second-order valence-corrected chi connectivity index (χ2v) is 10.4. The molecule has 8 atom stereocenters. The highest BCUT2D eigenvalue weighted by Crippen LogP contribution is 2.73. The molecule has 0 aromatic heterocycles. The summed E-state index contributed by atoms with van der Waals surface area (Å²) in [6.07, 6.45) is 16.8. The van der Waals surface area contributed by atoms with Crippen LogP contribution < -0.4 is 0 Å². The summed E-state index contributed by atoms with van der Waals surface area (Å²) in [6, 6.07) is 0. The molecule has 1 spiro atoms. The summed E-state index contributed by atoms with van der Waals surface area (Å²) in [4.78, 5) is 0. The summed E-state index contributed by atoms with van der Waals surface area (Å²) in [6.45, 7) is 2.66. The van der Waals surface area contributed by atoms with Gasteiger partial charge in [0.2, 0.25) is 0 Å². The van der Waals surface area contributed by atoms with Crippen molar-refractivity contribution in [1.29, 1.82) is 0 Å². The van der Waals surface area contributed by atoms with Gasteiger partial charge in [-0.05, 0) is 79.4 Å². The van der Waals surface area contributed by atoms with Gasteiger partial charge in [0.15, 0.2) is 0 Å². The maximum atomic E-state index is 5.49. The maximum absolute atomic E-state index is 5.49. The highest BCUT2D eigenvalue weighted by molar-refractivity contribution is 7.82. The minimum absolute atomic E-state index is 0.428. The highest BCUT2D eigenvalue weighted by Gasteiger charge is 2.67. The van der Waals surface area contributed by atoms with Crippen molar-refractivity contribution >= 4 is 12.6 Å². The smallest absolute Gasteiger partial charge is 0.0217 e. The fourth-order valence-electron chi connectivity index (χ4n) is 8.12. The summed E-state index contributed by atoms with van der Waals surface area (Å²) in [5.41, 5.74) is 0.624. The van der Waals surface area contributed by atoms with E-state index in [1.807, 2.05) is 0 Å². The van der Waals surface area contributed by atoms with Crippen LogP contribution >= 0.6 is 12.6 Å². The van der Waals surface area contributed by atoms with Gasteiger partial charge in [0.1, 0.15) is 0 Å². The number of rotatable bonds is 0. The van der Waals surface area contributed by atoms with Crippen LogP contribution in [0.3, 0.4) is 0 Å². The zero-order valence-electron chi connectivity index (χ0n) is 13.7. The maximum Gasteiger partial charge on any atom is 0.0217 e. The molecule has 5 aliphatic rings. The third-order valence-corrected chi connectivity index (χ3v) is 10.3. The molecule has 5 rings (SSSR count). The van der Waals surface area contributed by atoms with Crippen molar-refractivity contribution in [3.8, 4) is 0 Å².